The summed E-state index contributed by atoms with van der Waals surface area (Å²) in [6.07, 6.45) is 1.22. The molecular weight excluding hydrogens is 130 g/mol. The van der Waals surface area contributed by atoms with Crippen LogP contribution in [0, 0.1) is 0 Å². The van der Waals surface area contributed by atoms with E-state index in [0.717, 1.165) is 0 Å². The smallest absolute Gasteiger partial charge is 0.250 e. The normalized spacial score (nSPS) is 16.1. The lowest BCUT2D eigenvalue weighted by Gasteiger charge is -2.04. The van der Waals surface area contributed by atoms with Crippen molar-refractivity contribution in [1.82, 2.24) is 4.90 Å². The van der Waals surface area contributed by atoms with Crippen molar-refractivity contribution in [2.75, 3.05) is 13.6 Å². The highest BCUT2D eigenvalue weighted by Crippen LogP contribution is 2.02. The second kappa shape index (κ2) is 3.93. The highest BCUT2D eigenvalue weighted by atomic mass is 16.3. The molecule has 1 N–H and O–H groups in total. The molecule has 10 heavy (non-hydrogen) atoms. The van der Waals surface area contributed by atoms with E-state index in [9.17, 15) is 4.79 Å². The average Bonchev–Trinajstić information content (AvgIpc) is 2.16. The zero-order valence-electron chi connectivity index (χ0n) is 6.59. The first kappa shape index (κ1) is 9.01. The zero-order chi connectivity index (χ0) is 8.15. The molecule has 0 spiro atoms. The minimum Gasteiger partial charge on any atom is -0.510 e. The lowest BCUT2D eigenvalue weighted by atomic mass is 10.5. The van der Waals surface area contributed by atoms with Gasteiger partial charge < -0.3 is 10.0 Å². The van der Waals surface area contributed by atoms with Crippen LogP contribution >= 0.6 is 0 Å². The third kappa shape index (κ3) is 2.09. The molecule has 58 valence electrons. The van der Waals surface area contributed by atoms with Crippen LogP contribution in [-0.4, -0.2) is 29.5 Å². The SMILES string of the molecule is CC.CN1CC(O)=CC1=O. The van der Waals surface area contributed by atoms with E-state index >= 15 is 0 Å². The van der Waals surface area contributed by atoms with Crippen LogP contribution in [-0.2, 0) is 4.79 Å². The molecule has 0 saturated heterocycles. The topological polar surface area (TPSA) is 40.5 Å². The van der Waals surface area contributed by atoms with Crippen molar-refractivity contribution in [3.63, 3.8) is 0 Å². The first-order chi connectivity index (χ1) is 4.70. The Morgan fingerprint density at radius 3 is 2.20 bits per heavy atom. The Morgan fingerprint density at radius 1 is 1.60 bits per heavy atom. The number of amides is 1. The van der Waals surface area contributed by atoms with E-state index in [4.69, 9.17) is 5.11 Å². The van der Waals surface area contributed by atoms with Crippen LogP contribution < -0.4 is 0 Å². The second-order valence-electron chi connectivity index (χ2n) is 1.83. The predicted molar refractivity (Wildman–Crippen MR) is 39.7 cm³/mol. The van der Waals surface area contributed by atoms with Crippen LogP contribution in [0.15, 0.2) is 11.8 Å². The maximum atomic E-state index is 10.5. The van der Waals surface area contributed by atoms with Crippen molar-refractivity contribution in [3.05, 3.63) is 11.8 Å². The molecule has 3 nitrogen and oxygen atoms in total. The molecule has 1 aliphatic heterocycles. The predicted octanol–water partition coefficient (Wildman–Crippen LogP) is 0.927. The summed E-state index contributed by atoms with van der Waals surface area (Å²) >= 11 is 0. The van der Waals surface area contributed by atoms with Gasteiger partial charge in [0.25, 0.3) is 0 Å². The molecule has 0 atom stereocenters. The largest absolute Gasteiger partial charge is 0.510 e. The molecule has 1 aliphatic rings. The van der Waals surface area contributed by atoms with Gasteiger partial charge in [-0.25, -0.2) is 0 Å². The van der Waals surface area contributed by atoms with Crippen LogP contribution in [0.25, 0.3) is 0 Å². The lowest BCUT2D eigenvalue weighted by molar-refractivity contribution is -0.123. The Bertz CT molecular complexity index is 152. The number of likely N-dealkylation sites (N-methyl/N-ethyl adjacent to an activating group) is 1. The highest BCUT2D eigenvalue weighted by Gasteiger charge is 2.15. The van der Waals surface area contributed by atoms with Gasteiger partial charge in [0.2, 0.25) is 5.91 Å². The first-order valence-electron chi connectivity index (χ1n) is 3.35. The molecule has 1 rings (SSSR count). The molecule has 0 bridgehead atoms. The van der Waals surface area contributed by atoms with Crippen LogP contribution in [0.1, 0.15) is 13.8 Å². The number of rotatable bonds is 0. The summed E-state index contributed by atoms with van der Waals surface area (Å²) in [6.45, 7) is 4.36. The molecule has 0 saturated carbocycles. The van der Waals surface area contributed by atoms with Crippen molar-refractivity contribution in [2.45, 2.75) is 13.8 Å². The standard InChI is InChI=1S/C5H7NO2.C2H6/c1-6-3-4(7)2-5(6)8;1-2/h2,7H,3H2,1H3;1-2H3. The third-order valence-electron chi connectivity index (χ3n) is 1.07. The summed E-state index contributed by atoms with van der Waals surface area (Å²) < 4.78 is 0. The highest BCUT2D eigenvalue weighted by molar-refractivity contribution is 5.90. The fourth-order valence-corrected chi connectivity index (χ4v) is 0.619. The van der Waals surface area contributed by atoms with Gasteiger partial charge in [-0.1, -0.05) is 13.8 Å². The van der Waals surface area contributed by atoms with E-state index in [1.165, 1.54) is 11.0 Å². The molecule has 0 aromatic carbocycles. The van der Waals surface area contributed by atoms with Crippen molar-refractivity contribution in [2.24, 2.45) is 0 Å². The Balaban J connectivity index is 0.000000371. The second-order valence-corrected chi connectivity index (χ2v) is 1.83. The number of hydrogen-bond donors (Lipinski definition) is 1. The van der Waals surface area contributed by atoms with Gasteiger partial charge in [0.05, 0.1) is 6.54 Å². The van der Waals surface area contributed by atoms with Gasteiger partial charge in [-0.15, -0.1) is 0 Å². The minimum atomic E-state index is -0.123. The van der Waals surface area contributed by atoms with Gasteiger partial charge in [0, 0.05) is 13.1 Å². The summed E-state index contributed by atoms with van der Waals surface area (Å²) in [7, 11) is 1.64. The van der Waals surface area contributed by atoms with E-state index in [-0.39, 0.29) is 11.7 Å². The lowest BCUT2D eigenvalue weighted by Crippen LogP contribution is -2.19. The van der Waals surface area contributed by atoms with Crippen LogP contribution in [0.4, 0.5) is 0 Å². The first-order valence-corrected chi connectivity index (χ1v) is 3.35. The van der Waals surface area contributed by atoms with Gasteiger partial charge in [-0.05, 0) is 0 Å². The van der Waals surface area contributed by atoms with E-state index < -0.39 is 0 Å². The zero-order valence-corrected chi connectivity index (χ0v) is 6.59. The van der Waals surface area contributed by atoms with E-state index in [2.05, 4.69) is 0 Å². The third-order valence-corrected chi connectivity index (χ3v) is 1.07. The maximum Gasteiger partial charge on any atom is 0.250 e. The average molecular weight is 143 g/mol. The molecule has 0 fully saturated rings. The van der Waals surface area contributed by atoms with Gasteiger partial charge in [-0.2, -0.15) is 0 Å². The number of nitrogens with zero attached hydrogens (tertiary/aromatic N) is 1. The molecule has 0 aliphatic carbocycles. The van der Waals surface area contributed by atoms with Gasteiger partial charge in [0.1, 0.15) is 5.76 Å². The maximum absolute atomic E-state index is 10.5. The van der Waals surface area contributed by atoms with Crippen LogP contribution in [0.5, 0.6) is 0 Å². The van der Waals surface area contributed by atoms with Crippen molar-refractivity contribution in [3.8, 4) is 0 Å². The molecular formula is C7H13NO2. The van der Waals surface area contributed by atoms with Crippen molar-refractivity contribution in [1.29, 1.82) is 0 Å². The summed E-state index contributed by atoms with van der Waals surface area (Å²) in [4.78, 5) is 11.9. The molecule has 0 aromatic rings. The van der Waals surface area contributed by atoms with E-state index in [1.54, 1.807) is 7.05 Å². The molecule has 1 heterocycles. The number of aliphatic hydroxyl groups excluding tert-OH is 1. The Labute approximate surface area is 61.0 Å². The van der Waals surface area contributed by atoms with Gasteiger partial charge >= 0.3 is 0 Å². The van der Waals surface area contributed by atoms with Crippen molar-refractivity contribution >= 4 is 5.91 Å². The number of hydrogen-bond acceptors (Lipinski definition) is 2. The Morgan fingerprint density at radius 2 is 2.10 bits per heavy atom. The van der Waals surface area contributed by atoms with E-state index in [0.29, 0.717) is 6.54 Å². The quantitative estimate of drug-likeness (QED) is 0.548. The fourth-order valence-electron chi connectivity index (χ4n) is 0.619. The molecule has 0 aromatic heterocycles. The van der Waals surface area contributed by atoms with Crippen molar-refractivity contribution < 1.29 is 9.90 Å². The number of carbonyl (C=O) groups is 1. The number of carbonyl (C=O) groups excluding carboxylic acids is 1. The van der Waals surface area contributed by atoms with E-state index in [1.807, 2.05) is 13.8 Å². The van der Waals surface area contributed by atoms with Gasteiger partial charge in [-0.3, -0.25) is 4.79 Å². The summed E-state index contributed by atoms with van der Waals surface area (Å²) in [5, 5.41) is 8.67. The Kier molecular flexibility index (Phi) is 3.54. The summed E-state index contributed by atoms with van der Waals surface area (Å²) in [6, 6.07) is 0. The molecule has 1 amide bonds. The summed E-state index contributed by atoms with van der Waals surface area (Å²) in [5.74, 6) is 0.0278. The van der Waals surface area contributed by atoms with Crippen LogP contribution in [0.3, 0.4) is 0 Å². The molecule has 0 radical (unpaired) electrons. The molecule has 3 heteroatoms. The summed E-state index contributed by atoms with van der Waals surface area (Å²) in [5.41, 5.74) is 0. The Hall–Kier alpha value is -0.990. The minimum absolute atomic E-state index is 0.123. The molecule has 0 unspecified atom stereocenters. The van der Waals surface area contributed by atoms with Gasteiger partial charge in [0.15, 0.2) is 0 Å². The monoisotopic (exact) mass is 143 g/mol. The van der Waals surface area contributed by atoms with Crippen LogP contribution in [0.2, 0.25) is 0 Å². The number of aliphatic hydroxyl groups is 1. The fraction of sp³-hybridized carbons (Fsp3) is 0.571.